The Bertz CT molecular complexity index is 402. The molecule has 0 N–H and O–H groups in total. The third-order valence-electron chi connectivity index (χ3n) is 3.16. The molecule has 1 rings (SSSR count). The van der Waals surface area contributed by atoms with Gasteiger partial charge in [0.2, 0.25) is 0 Å². The van der Waals surface area contributed by atoms with Crippen LogP contribution in [-0.2, 0) is 11.1 Å². The van der Waals surface area contributed by atoms with Crippen LogP contribution in [0.5, 0.6) is 0 Å². The summed E-state index contributed by atoms with van der Waals surface area (Å²) >= 11 is 0. The van der Waals surface area contributed by atoms with Gasteiger partial charge in [0.25, 0.3) is 0 Å². The van der Waals surface area contributed by atoms with E-state index in [-0.39, 0.29) is 0 Å². The Hall–Kier alpha value is -0.950. The highest BCUT2D eigenvalue weighted by Gasteiger charge is 2.23. The van der Waals surface area contributed by atoms with Crippen LogP contribution in [0.1, 0.15) is 33.6 Å². The Morgan fingerprint density at radius 2 is 2.20 bits per heavy atom. The summed E-state index contributed by atoms with van der Waals surface area (Å²) in [4.78, 5) is 4.06. The van der Waals surface area contributed by atoms with E-state index in [2.05, 4.69) is 47.7 Å². The molecule has 2 atom stereocenters. The minimum absolute atomic E-state index is 0.436. The van der Waals surface area contributed by atoms with Gasteiger partial charge in [-0.1, -0.05) is 0 Å². The third-order valence-corrected chi connectivity index (χ3v) is 5.22. The molecule has 0 aliphatic rings. The summed E-state index contributed by atoms with van der Waals surface area (Å²) in [5.74, 6) is 0. The van der Waals surface area contributed by atoms with Gasteiger partial charge in [-0.15, -0.1) is 0 Å². The van der Waals surface area contributed by atoms with Gasteiger partial charge in [0.1, 0.15) is 8.30 Å². The Labute approximate surface area is 123 Å². The smallest absolute Gasteiger partial charge is 0.101 e. The molecule has 112 valence electrons. The van der Waals surface area contributed by atoms with Gasteiger partial charge in [-0.25, -0.2) is 4.98 Å². The first-order chi connectivity index (χ1) is 9.56. The second-order valence-electron chi connectivity index (χ2n) is 5.12. The van der Waals surface area contributed by atoms with Crippen molar-refractivity contribution in [3.05, 3.63) is 18.7 Å². The summed E-state index contributed by atoms with van der Waals surface area (Å²) in [5.41, 5.74) is 0. The average Bonchev–Trinajstić information content (AvgIpc) is 2.89. The number of hydrogen-bond acceptors (Lipinski definition) is 4. The van der Waals surface area contributed by atoms with E-state index < -0.39 is 8.30 Å². The topological polar surface area (TPSA) is 54.1 Å². The molecule has 0 saturated heterocycles. The van der Waals surface area contributed by atoms with Crippen LogP contribution < -0.4 is 0 Å². The van der Waals surface area contributed by atoms with E-state index in [1.54, 1.807) is 0 Å². The zero-order valence-electron chi connectivity index (χ0n) is 12.9. The molecular formula is C14H25N4OP. The van der Waals surface area contributed by atoms with Crippen LogP contribution in [0.2, 0.25) is 0 Å². The minimum Gasteiger partial charge on any atom is -0.343 e. The molecule has 0 radical (unpaired) electrons. The van der Waals surface area contributed by atoms with E-state index in [9.17, 15) is 0 Å². The van der Waals surface area contributed by atoms with Crippen molar-refractivity contribution in [3.8, 4) is 6.07 Å². The Morgan fingerprint density at radius 3 is 2.75 bits per heavy atom. The predicted octanol–water partition coefficient (Wildman–Crippen LogP) is 3.24. The van der Waals surface area contributed by atoms with E-state index in [1.807, 2.05) is 18.7 Å². The van der Waals surface area contributed by atoms with Gasteiger partial charge in [0.05, 0.1) is 25.4 Å². The standard InChI is InChI=1S/C14H25N4OP/c1-13(2)18(20(4)19-11-5-7-15)14(3)6-9-17-10-8-16-12-17/h8,10,12-14H,5-6,9,11H2,1-4H3. The molecule has 0 aliphatic carbocycles. The monoisotopic (exact) mass is 296 g/mol. The summed E-state index contributed by atoms with van der Waals surface area (Å²) < 4.78 is 10.3. The summed E-state index contributed by atoms with van der Waals surface area (Å²) in [6.45, 7) is 10.2. The van der Waals surface area contributed by atoms with Crippen molar-refractivity contribution in [1.29, 1.82) is 5.26 Å². The molecule has 0 aliphatic heterocycles. The zero-order chi connectivity index (χ0) is 15.0. The van der Waals surface area contributed by atoms with Gasteiger partial charge in [-0.2, -0.15) is 5.26 Å². The maximum absolute atomic E-state index is 8.58. The van der Waals surface area contributed by atoms with Crippen LogP contribution in [0, 0.1) is 11.3 Å². The van der Waals surface area contributed by atoms with Crippen molar-refractivity contribution >= 4 is 8.30 Å². The summed E-state index contributed by atoms with van der Waals surface area (Å²) in [6, 6.07) is 3.00. The number of hydrogen-bond donors (Lipinski definition) is 0. The van der Waals surface area contributed by atoms with Crippen LogP contribution in [0.4, 0.5) is 0 Å². The summed E-state index contributed by atoms with van der Waals surface area (Å²) in [6.07, 6.45) is 7.17. The fourth-order valence-corrected chi connectivity index (χ4v) is 4.10. The molecular weight excluding hydrogens is 271 g/mol. The molecule has 20 heavy (non-hydrogen) atoms. The number of aryl methyl sites for hydroxylation is 1. The highest BCUT2D eigenvalue weighted by Crippen LogP contribution is 2.41. The first-order valence-electron chi connectivity index (χ1n) is 7.03. The van der Waals surface area contributed by atoms with Crippen LogP contribution in [0.25, 0.3) is 0 Å². The summed E-state index contributed by atoms with van der Waals surface area (Å²) in [5, 5.41) is 8.58. The second kappa shape index (κ2) is 9.07. The van der Waals surface area contributed by atoms with Gasteiger partial charge in [-0.3, -0.25) is 4.67 Å². The predicted molar refractivity (Wildman–Crippen MR) is 82.3 cm³/mol. The van der Waals surface area contributed by atoms with Crippen molar-refractivity contribution in [1.82, 2.24) is 14.2 Å². The van der Waals surface area contributed by atoms with Crippen LogP contribution in [-0.4, -0.2) is 39.6 Å². The van der Waals surface area contributed by atoms with Crippen LogP contribution >= 0.6 is 8.30 Å². The molecule has 1 aromatic rings. The lowest BCUT2D eigenvalue weighted by atomic mass is 10.2. The number of imidazole rings is 1. The van der Waals surface area contributed by atoms with E-state index in [4.69, 9.17) is 9.79 Å². The normalized spacial score (nSPS) is 14.4. The molecule has 0 fully saturated rings. The Kier molecular flexibility index (Phi) is 7.76. The van der Waals surface area contributed by atoms with E-state index in [1.165, 1.54) is 0 Å². The highest BCUT2D eigenvalue weighted by molar-refractivity contribution is 7.49. The molecule has 2 unspecified atom stereocenters. The zero-order valence-corrected chi connectivity index (χ0v) is 13.8. The molecule has 0 amide bonds. The summed E-state index contributed by atoms with van der Waals surface area (Å²) in [7, 11) is -0.646. The molecule has 0 aromatic carbocycles. The third kappa shape index (κ3) is 5.58. The Morgan fingerprint density at radius 1 is 1.45 bits per heavy atom. The van der Waals surface area contributed by atoms with Crippen molar-refractivity contribution in [2.75, 3.05) is 13.3 Å². The lowest BCUT2D eigenvalue weighted by Gasteiger charge is -2.36. The lowest BCUT2D eigenvalue weighted by molar-refractivity contribution is 0.237. The average molecular weight is 296 g/mol. The van der Waals surface area contributed by atoms with Crippen molar-refractivity contribution in [3.63, 3.8) is 0 Å². The van der Waals surface area contributed by atoms with Crippen LogP contribution in [0.3, 0.4) is 0 Å². The number of rotatable bonds is 9. The van der Waals surface area contributed by atoms with Gasteiger partial charge in [0, 0.05) is 31.0 Å². The Balaban J connectivity index is 2.49. The van der Waals surface area contributed by atoms with Crippen LogP contribution in [0.15, 0.2) is 18.7 Å². The molecule has 0 saturated carbocycles. The fraction of sp³-hybridized carbons (Fsp3) is 0.714. The minimum atomic E-state index is -0.646. The highest BCUT2D eigenvalue weighted by atomic mass is 31.2. The SMILES string of the molecule is CC(C)N(C(C)CCn1ccnc1)P(C)OCCC#N. The first-order valence-corrected chi connectivity index (χ1v) is 8.69. The van der Waals surface area contributed by atoms with E-state index in [0.29, 0.717) is 25.1 Å². The maximum atomic E-state index is 8.58. The molecule has 1 heterocycles. The molecule has 5 nitrogen and oxygen atoms in total. The largest absolute Gasteiger partial charge is 0.343 e. The number of aromatic nitrogens is 2. The molecule has 1 aromatic heterocycles. The van der Waals surface area contributed by atoms with Crippen molar-refractivity contribution < 1.29 is 4.52 Å². The molecule has 0 spiro atoms. The van der Waals surface area contributed by atoms with E-state index in [0.717, 1.165) is 13.0 Å². The van der Waals surface area contributed by atoms with Gasteiger partial charge >= 0.3 is 0 Å². The van der Waals surface area contributed by atoms with Gasteiger partial charge in [-0.05, 0) is 33.9 Å². The number of nitrogens with zero attached hydrogens (tertiary/aromatic N) is 4. The fourth-order valence-electron chi connectivity index (χ4n) is 2.29. The molecule has 6 heteroatoms. The first kappa shape index (κ1) is 17.1. The molecule has 0 bridgehead atoms. The van der Waals surface area contributed by atoms with Gasteiger partial charge in [0.15, 0.2) is 0 Å². The van der Waals surface area contributed by atoms with E-state index >= 15 is 0 Å². The lowest BCUT2D eigenvalue weighted by Crippen LogP contribution is -2.35. The van der Waals surface area contributed by atoms with Gasteiger partial charge < -0.3 is 9.09 Å². The van der Waals surface area contributed by atoms with Crippen molar-refractivity contribution in [2.45, 2.75) is 52.2 Å². The maximum Gasteiger partial charge on any atom is 0.101 e. The number of nitriles is 1. The quantitative estimate of drug-likeness (QED) is 0.518. The van der Waals surface area contributed by atoms with Crippen molar-refractivity contribution in [2.24, 2.45) is 0 Å². The second-order valence-corrected chi connectivity index (χ2v) is 6.77.